The van der Waals surface area contributed by atoms with Crippen LogP contribution in [0.4, 0.5) is 5.69 Å². The van der Waals surface area contributed by atoms with Crippen LogP contribution in [0.5, 0.6) is 17.2 Å². The summed E-state index contributed by atoms with van der Waals surface area (Å²) in [7, 11) is 0. The number of carbonyl (C=O) groups excluding carboxylic acids is 1. The van der Waals surface area contributed by atoms with E-state index in [-0.39, 0.29) is 11.4 Å². The number of hydrogen-bond donors (Lipinski definition) is 8. The number of amides is 1. The molecule has 8 N–H and O–H groups in total. The van der Waals surface area contributed by atoms with Crippen molar-refractivity contribution in [2.45, 2.75) is 92.7 Å². The van der Waals surface area contributed by atoms with Crippen molar-refractivity contribution >= 4 is 35.6 Å². The van der Waals surface area contributed by atoms with Gasteiger partial charge in [0.25, 0.3) is 5.91 Å². The summed E-state index contributed by atoms with van der Waals surface area (Å²) in [6, 6.07) is 15.6. The number of carboxylic acid groups (broad SMARTS) is 1. The number of ether oxygens (including phenoxy) is 2. The maximum Gasteiger partial charge on any atom is 0.355 e. The molecule has 7 rings (SSSR count). The van der Waals surface area contributed by atoms with Gasteiger partial charge in [-0.2, -0.15) is 0 Å². The monoisotopic (exact) mass is 771 g/mol. The number of carboxylic acids is 1. The van der Waals surface area contributed by atoms with Gasteiger partial charge < -0.3 is 50.3 Å². The second-order valence-electron chi connectivity index (χ2n) is 14.9. The van der Waals surface area contributed by atoms with Crippen molar-refractivity contribution in [3.63, 3.8) is 0 Å². The number of rotatable bonds is 11. The largest absolute Gasteiger partial charge is 0.508 e. The van der Waals surface area contributed by atoms with Gasteiger partial charge in [0, 0.05) is 36.3 Å². The van der Waals surface area contributed by atoms with Crippen molar-refractivity contribution in [3.8, 4) is 17.2 Å². The molecule has 7 unspecified atom stereocenters. The van der Waals surface area contributed by atoms with Gasteiger partial charge in [-0.05, 0) is 65.6 Å². The molecule has 0 aromatic heterocycles. The number of aliphatic hydroxyl groups is 5. The number of benzene rings is 3. The Hall–Kier alpha value is -5.16. The zero-order chi connectivity index (χ0) is 39.8. The zero-order valence-electron chi connectivity index (χ0n) is 30.4. The lowest BCUT2D eigenvalue weighted by atomic mass is 9.63. The molecule has 1 amide bonds. The van der Waals surface area contributed by atoms with E-state index < -0.39 is 77.7 Å². The van der Waals surface area contributed by atoms with Gasteiger partial charge in [-0.3, -0.25) is 19.7 Å². The van der Waals surface area contributed by atoms with Gasteiger partial charge in [0.2, 0.25) is 0 Å². The molecule has 3 aromatic carbocycles. The van der Waals surface area contributed by atoms with Gasteiger partial charge >= 0.3 is 11.9 Å². The molecular weight excluding hydrogens is 726 g/mol. The van der Waals surface area contributed by atoms with E-state index in [1.165, 1.54) is 24.3 Å². The molecule has 3 aliphatic heterocycles. The van der Waals surface area contributed by atoms with Crippen LogP contribution in [0.25, 0.3) is 6.08 Å². The van der Waals surface area contributed by atoms with E-state index in [0.717, 1.165) is 48.6 Å². The predicted molar refractivity (Wildman–Crippen MR) is 203 cm³/mol. The highest BCUT2D eigenvalue weighted by Gasteiger charge is 2.56. The number of aromatic hydroxyl groups is 2. The second kappa shape index (κ2) is 15.8. The lowest BCUT2D eigenvalue weighted by molar-refractivity contribution is -0.422. The van der Waals surface area contributed by atoms with Crippen LogP contribution in [-0.2, 0) is 26.2 Å². The smallest absolute Gasteiger partial charge is 0.355 e. The fraction of sp³-hybridized carbons (Fsp3) is 0.415. The van der Waals surface area contributed by atoms with Crippen LogP contribution in [0.15, 0.2) is 76.7 Å². The van der Waals surface area contributed by atoms with Crippen molar-refractivity contribution in [2.75, 3.05) is 18.2 Å². The van der Waals surface area contributed by atoms with Crippen molar-refractivity contribution < 1.29 is 59.9 Å². The highest BCUT2D eigenvalue weighted by Crippen LogP contribution is 2.54. The van der Waals surface area contributed by atoms with Crippen molar-refractivity contribution in [1.29, 1.82) is 0 Å². The predicted octanol–water partition coefficient (Wildman–Crippen LogP) is 2.51. The molecule has 1 aliphatic carbocycles. The zero-order valence-corrected chi connectivity index (χ0v) is 30.4. The van der Waals surface area contributed by atoms with E-state index in [1.54, 1.807) is 18.3 Å². The molecule has 1 saturated carbocycles. The molecule has 0 radical (unpaired) electrons. The number of carbonyl (C=O) groups is 2. The number of phenols is 2. The third-order valence-corrected chi connectivity index (χ3v) is 11.4. The number of anilines is 1. The second-order valence-corrected chi connectivity index (χ2v) is 14.9. The minimum absolute atomic E-state index is 0.0298. The molecule has 3 heterocycles. The number of aliphatic imine (C=N–C) groups is 2. The van der Waals surface area contributed by atoms with E-state index in [4.69, 9.17) is 9.47 Å². The van der Waals surface area contributed by atoms with Crippen LogP contribution in [-0.4, -0.2) is 114 Å². The Bertz CT molecular complexity index is 2050. The van der Waals surface area contributed by atoms with Gasteiger partial charge in [0.1, 0.15) is 36.8 Å². The van der Waals surface area contributed by atoms with Crippen LogP contribution in [0, 0.1) is 0 Å². The summed E-state index contributed by atoms with van der Waals surface area (Å²) < 4.78 is 10.8. The summed E-state index contributed by atoms with van der Waals surface area (Å²) in [5, 5.41) is 85.0. The van der Waals surface area contributed by atoms with Crippen molar-refractivity contribution in [3.05, 3.63) is 89.0 Å². The molecule has 7 atom stereocenters. The number of phenolic OH excluding ortho intramolecular Hbond substituents is 2. The summed E-state index contributed by atoms with van der Waals surface area (Å²) in [6.07, 6.45) is 1.65. The average molecular weight is 772 g/mol. The van der Waals surface area contributed by atoms with Crippen LogP contribution in [0.2, 0.25) is 0 Å². The number of nitrogens with zero attached hydrogens (tertiary/aromatic N) is 3. The molecule has 15 heteroatoms. The SMILES string of the molecule is O=C(O)C1C(CC2(c3ccccc3)CCCCC2)c2cc(O)c(OC3(O)OC(CO)C(O)C(O)C3O)cc2N1C(=O)C=Cc1ccc(O)c(CC2=NCN=C2)c1. The first kappa shape index (κ1) is 39.1. The Kier molecular flexibility index (Phi) is 11.0. The highest BCUT2D eigenvalue weighted by atomic mass is 16.8. The summed E-state index contributed by atoms with van der Waals surface area (Å²) in [5.74, 6) is -7.07. The van der Waals surface area contributed by atoms with Gasteiger partial charge in [-0.1, -0.05) is 55.7 Å². The van der Waals surface area contributed by atoms with Crippen LogP contribution in [0.3, 0.4) is 0 Å². The van der Waals surface area contributed by atoms with Crippen LogP contribution in [0.1, 0.15) is 66.7 Å². The minimum Gasteiger partial charge on any atom is -0.508 e. The fourth-order valence-corrected chi connectivity index (χ4v) is 8.55. The standard InChI is InChI=1S/C41H45N3O12/c45-21-33-36(49)37(50)38(51)41(54,56-33)55-32-18-29-27(17-31(32)47)28(19-40(13-5-2-6-14-40)25-7-3-1-4-8-25)35(39(52)53)44(29)34(48)12-10-23-9-11-30(46)24(15-23)16-26-20-42-22-43-26/h1,3-4,7-12,15,17-18,20,28,33,35-38,45-47,49-51,54H,2,5-6,13-14,16,19,21-22H2,(H,52,53). The third-order valence-electron chi connectivity index (χ3n) is 11.4. The van der Waals surface area contributed by atoms with E-state index in [1.807, 2.05) is 30.3 Å². The molecule has 2 fully saturated rings. The number of fused-ring (bicyclic) bond motifs is 1. The number of aliphatic hydroxyl groups excluding tert-OH is 4. The Morgan fingerprint density at radius 1 is 0.964 bits per heavy atom. The lowest BCUT2D eigenvalue weighted by Crippen LogP contribution is -2.67. The lowest BCUT2D eigenvalue weighted by Gasteiger charge is -2.44. The first-order chi connectivity index (χ1) is 26.8. The summed E-state index contributed by atoms with van der Waals surface area (Å²) in [5.41, 5.74) is 2.73. The topological polar surface area (TPSA) is 242 Å². The van der Waals surface area contributed by atoms with Gasteiger partial charge in [-0.15, -0.1) is 0 Å². The molecule has 56 heavy (non-hydrogen) atoms. The molecule has 3 aromatic rings. The molecule has 1 saturated heterocycles. The highest BCUT2D eigenvalue weighted by molar-refractivity contribution is 6.32. The first-order valence-corrected chi connectivity index (χ1v) is 18.6. The van der Waals surface area contributed by atoms with E-state index >= 15 is 0 Å². The van der Waals surface area contributed by atoms with Crippen LogP contribution < -0.4 is 9.64 Å². The maximum absolute atomic E-state index is 14.4. The summed E-state index contributed by atoms with van der Waals surface area (Å²) in [6.45, 7) is -0.566. The Labute approximate surface area is 322 Å². The van der Waals surface area contributed by atoms with Crippen molar-refractivity contribution in [1.82, 2.24) is 0 Å². The first-order valence-electron chi connectivity index (χ1n) is 18.6. The van der Waals surface area contributed by atoms with Crippen molar-refractivity contribution in [2.24, 2.45) is 9.98 Å². The minimum atomic E-state index is -3.09. The van der Waals surface area contributed by atoms with Gasteiger partial charge in [0.05, 0.1) is 18.0 Å². The average Bonchev–Trinajstić information content (AvgIpc) is 3.82. The molecule has 296 valence electrons. The van der Waals surface area contributed by atoms with Gasteiger partial charge in [0.15, 0.2) is 17.6 Å². The Morgan fingerprint density at radius 2 is 1.71 bits per heavy atom. The van der Waals surface area contributed by atoms with E-state index in [9.17, 15) is 50.4 Å². The molecular formula is C41H45N3O12. The van der Waals surface area contributed by atoms with Crippen LogP contribution >= 0.6 is 0 Å². The molecule has 0 bridgehead atoms. The molecule has 0 spiro atoms. The third kappa shape index (κ3) is 7.41. The van der Waals surface area contributed by atoms with Gasteiger partial charge in [-0.25, -0.2) is 4.79 Å². The summed E-state index contributed by atoms with van der Waals surface area (Å²) in [4.78, 5) is 37.2. The number of aliphatic carboxylic acids is 1. The number of hydrogen-bond acceptors (Lipinski definition) is 13. The molecule has 4 aliphatic rings. The maximum atomic E-state index is 14.4. The normalized spacial score (nSPS) is 28.3. The Morgan fingerprint density at radius 3 is 2.39 bits per heavy atom. The van der Waals surface area contributed by atoms with E-state index in [0.29, 0.717) is 41.9 Å². The molecule has 15 nitrogen and oxygen atoms in total. The Balaban J connectivity index is 1.29. The van der Waals surface area contributed by atoms with E-state index in [2.05, 4.69) is 9.98 Å². The quantitative estimate of drug-likeness (QED) is 0.104. The fourth-order valence-electron chi connectivity index (χ4n) is 8.55. The summed E-state index contributed by atoms with van der Waals surface area (Å²) >= 11 is 0.